The van der Waals surface area contributed by atoms with Gasteiger partial charge < -0.3 is 0 Å². The fourth-order valence-electron chi connectivity index (χ4n) is 2.24. The van der Waals surface area contributed by atoms with E-state index in [2.05, 4.69) is 68.1 Å². The van der Waals surface area contributed by atoms with Crippen LogP contribution in [0.1, 0.15) is 31.9 Å². The van der Waals surface area contributed by atoms with Crippen LogP contribution in [0.4, 0.5) is 0 Å². The molecule has 0 aliphatic rings. The van der Waals surface area contributed by atoms with Gasteiger partial charge in [0.15, 0.2) is 0 Å². The molecule has 0 aliphatic heterocycles. The summed E-state index contributed by atoms with van der Waals surface area (Å²) in [5.74, 6) is 0. The fraction of sp³-hybridized carbons (Fsp3) is 0.200. The molecule has 104 valence electrons. The summed E-state index contributed by atoms with van der Waals surface area (Å²) in [6.45, 7) is 12.0. The van der Waals surface area contributed by atoms with Crippen molar-refractivity contribution >= 4 is 16.3 Å². The zero-order valence-electron chi connectivity index (χ0n) is 13.0. The van der Waals surface area contributed by atoms with Crippen LogP contribution >= 0.6 is 0 Å². The molecule has 2 aromatic carbocycles. The second kappa shape index (κ2) is 8.16. The van der Waals surface area contributed by atoms with E-state index >= 15 is 0 Å². The lowest BCUT2D eigenvalue weighted by atomic mass is 9.95. The molecule has 0 heteroatoms. The Hall–Kier alpha value is -2.08. The summed E-state index contributed by atoms with van der Waals surface area (Å²) < 4.78 is 0. The Morgan fingerprint density at radius 3 is 2.25 bits per heavy atom. The van der Waals surface area contributed by atoms with E-state index in [1.807, 2.05) is 26.8 Å². The Bertz CT molecular complexity index is 628. The monoisotopic (exact) mass is 264 g/mol. The highest BCUT2D eigenvalue weighted by atomic mass is 14.1. The van der Waals surface area contributed by atoms with Crippen molar-refractivity contribution in [1.82, 2.24) is 0 Å². The molecule has 2 rings (SSSR count). The van der Waals surface area contributed by atoms with Gasteiger partial charge in [-0.1, -0.05) is 81.1 Å². The van der Waals surface area contributed by atoms with Gasteiger partial charge in [-0.05, 0) is 41.3 Å². The zero-order chi connectivity index (χ0) is 15.0. The minimum absolute atomic E-state index is 1.20. The molecular formula is C20H24. The summed E-state index contributed by atoms with van der Waals surface area (Å²) in [7, 11) is 0. The summed E-state index contributed by atoms with van der Waals surface area (Å²) in [5.41, 5.74) is 3.77. The molecule has 0 spiro atoms. The number of rotatable bonds is 3. The first-order valence-electron chi connectivity index (χ1n) is 7.22. The quantitative estimate of drug-likeness (QED) is 0.569. The molecular weight excluding hydrogens is 240 g/mol. The van der Waals surface area contributed by atoms with Crippen molar-refractivity contribution in [2.24, 2.45) is 0 Å². The lowest BCUT2D eigenvalue weighted by molar-refractivity contribution is 1.50. The SMILES string of the molecule is C=C/C=C(\C=C/C)c1ccc(C)c2ccccc12.CC. The Kier molecular flexibility index (Phi) is 6.52. The second-order valence-corrected chi connectivity index (χ2v) is 4.33. The van der Waals surface area contributed by atoms with E-state index in [0.29, 0.717) is 0 Å². The summed E-state index contributed by atoms with van der Waals surface area (Å²) >= 11 is 0. The average molecular weight is 264 g/mol. The van der Waals surface area contributed by atoms with Gasteiger partial charge in [-0.15, -0.1) is 0 Å². The summed E-state index contributed by atoms with van der Waals surface area (Å²) in [6.07, 6.45) is 8.07. The van der Waals surface area contributed by atoms with Crippen LogP contribution in [0.3, 0.4) is 0 Å². The maximum absolute atomic E-state index is 3.80. The smallest absolute Gasteiger partial charge is 0.0103 e. The standard InChI is InChI=1S/C18H18.C2H6/c1-4-8-15(9-5-2)17-13-12-14(3)16-10-6-7-11-18(16)17;1-2/h4-13H,1H2,2-3H3;1-2H3/b9-5-,15-8+;. The number of hydrogen-bond donors (Lipinski definition) is 0. The summed E-state index contributed by atoms with van der Waals surface area (Å²) in [4.78, 5) is 0. The molecule has 0 amide bonds. The molecule has 0 unspecified atom stereocenters. The van der Waals surface area contributed by atoms with Gasteiger partial charge in [0, 0.05) is 0 Å². The minimum atomic E-state index is 1.20. The fourth-order valence-corrected chi connectivity index (χ4v) is 2.24. The van der Waals surface area contributed by atoms with E-state index in [9.17, 15) is 0 Å². The Morgan fingerprint density at radius 2 is 1.65 bits per heavy atom. The van der Waals surface area contributed by atoms with E-state index in [1.165, 1.54) is 27.5 Å². The molecule has 2 aromatic rings. The van der Waals surface area contributed by atoms with Gasteiger partial charge in [-0.25, -0.2) is 0 Å². The van der Waals surface area contributed by atoms with Crippen molar-refractivity contribution in [1.29, 1.82) is 0 Å². The van der Waals surface area contributed by atoms with Crippen LogP contribution in [0, 0.1) is 6.92 Å². The van der Waals surface area contributed by atoms with E-state index in [1.54, 1.807) is 0 Å². The van der Waals surface area contributed by atoms with Gasteiger partial charge >= 0.3 is 0 Å². The molecule has 0 N–H and O–H groups in total. The third-order valence-electron chi connectivity index (χ3n) is 3.10. The molecule has 0 nitrogen and oxygen atoms in total. The number of allylic oxidation sites excluding steroid dienone is 5. The number of fused-ring (bicyclic) bond motifs is 1. The van der Waals surface area contributed by atoms with Crippen LogP contribution in [0.2, 0.25) is 0 Å². The van der Waals surface area contributed by atoms with Crippen molar-refractivity contribution in [3.8, 4) is 0 Å². The average Bonchev–Trinajstić information content (AvgIpc) is 2.50. The van der Waals surface area contributed by atoms with Gasteiger partial charge in [-0.2, -0.15) is 0 Å². The van der Waals surface area contributed by atoms with Gasteiger partial charge in [0.25, 0.3) is 0 Å². The zero-order valence-corrected chi connectivity index (χ0v) is 13.0. The largest absolute Gasteiger partial charge is 0.0990 e. The third kappa shape index (κ3) is 3.48. The highest BCUT2D eigenvalue weighted by molar-refractivity contribution is 5.97. The number of hydrogen-bond acceptors (Lipinski definition) is 0. The molecule has 0 aromatic heterocycles. The maximum Gasteiger partial charge on any atom is -0.0103 e. The highest BCUT2D eigenvalue weighted by Crippen LogP contribution is 2.28. The Labute approximate surface area is 123 Å². The van der Waals surface area contributed by atoms with E-state index in [4.69, 9.17) is 0 Å². The van der Waals surface area contributed by atoms with Crippen molar-refractivity contribution in [2.45, 2.75) is 27.7 Å². The second-order valence-electron chi connectivity index (χ2n) is 4.33. The predicted octanol–water partition coefficient (Wildman–Crippen LogP) is 6.32. The molecule has 0 radical (unpaired) electrons. The summed E-state index contributed by atoms with van der Waals surface area (Å²) in [6, 6.07) is 12.9. The van der Waals surface area contributed by atoms with Gasteiger partial charge in [0.05, 0.1) is 0 Å². The minimum Gasteiger partial charge on any atom is -0.0990 e. The molecule has 0 saturated heterocycles. The molecule has 0 aliphatic carbocycles. The number of benzene rings is 2. The highest BCUT2D eigenvalue weighted by Gasteiger charge is 2.05. The maximum atomic E-state index is 3.80. The van der Waals surface area contributed by atoms with Gasteiger partial charge in [-0.3, -0.25) is 0 Å². The van der Waals surface area contributed by atoms with Gasteiger partial charge in [0.1, 0.15) is 0 Å². The molecule has 0 saturated carbocycles. The summed E-state index contributed by atoms with van der Waals surface area (Å²) in [5, 5.41) is 2.61. The van der Waals surface area contributed by atoms with Crippen LogP contribution in [0.5, 0.6) is 0 Å². The van der Waals surface area contributed by atoms with Crippen molar-refractivity contribution in [3.63, 3.8) is 0 Å². The van der Waals surface area contributed by atoms with Crippen molar-refractivity contribution in [2.75, 3.05) is 0 Å². The molecule has 0 heterocycles. The van der Waals surface area contributed by atoms with E-state index in [0.717, 1.165) is 0 Å². The van der Waals surface area contributed by atoms with Crippen LogP contribution in [0.25, 0.3) is 16.3 Å². The van der Waals surface area contributed by atoms with E-state index < -0.39 is 0 Å². The van der Waals surface area contributed by atoms with Crippen LogP contribution in [0.15, 0.2) is 67.3 Å². The molecule has 0 fully saturated rings. The van der Waals surface area contributed by atoms with Crippen molar-refractivity contribution in [3.05, 3.63) is 78.4 Å². The normalized spacial score (nSPS) is 11.3. The molecule has 20 heavy (non-hydrogen) atoms. The number of aryl methyl sites for hydroxylation is 1. The third-order valence-corrected chi connectivity index (χ3v) is 3.10. The first-order chi connectivity index (χ1) is 9.77. The van der Waals surface area contributed by atoms with Crippen molar-refractivity contribution < 1.29 is 0 Å². The first-order valence-corrected chi connectivity index (χ1v) is 7.22. The van der Waals surface area contributed by atoms with Crippen LogP contribution in [-0.4, -0.2) is 0 Å². The Morgan fingerprint density at radius 1 is 1.00 bits per heavy atom. The predicted molar refractivity (Wildman–Crippen MR) is 93.0 cm³/mol. The lowest BCUT2D eigenvalue weighted by Crippen LogP contribution is -1.87. The Balaban J connectivity index is 0.000000956. The van der Waals surface area contributed by atoms with Gasteiger partial charge in [0.2, 0.25) is 0 Å². The van der Waals surface area contributed by atoms with E-state index in [-0.39, 0.29) is 0 Å². The lowest BCUT2D eigenvalue weighted by Gasteiger charge is -2.09. The first kappa shape index (κ1) is 16.0. The van der Waals surface area contributed by atoms with Crippen LogP contribution < -0.4 is 0 Å². The van der Waals surface area contributed by atoms with Crippen LogP contribution in [-0.2, 0) is 0 Å². The molecule has 0 bridgehead atoms. The molecule has 0 atom stereocenters. The topological polar surface area (TPSA) is 0 Å².